The van der Waals surface area contributed by atoms with Crippen molar-refractivity contribution in [2.75, 3.05) is 0 Å². The monoisotopic (exact) mass is 337 g/mol. The normalized spacial score (nSPS) is 12.4. The molecule has 0 radical (unpaired) electrons. The molecular formula is C15H20BrN3O. The minimum atomic E-state index is -0.0593. The number of nitrogens with zero attached hydrogens (tertiary/aromatic N) is 2. The number of aromatic nitrogens is 2. The van der Waals surface area contributed by atoms with E-state index in [0.29, 0.717) is 6.61 Å². The molecule has 1 aromatic heterocycles. The lowest BCUT2D eigenvalue weighted by molar-refractivity contribution is 0.288. The summed E-state index contributed by atoms with van der Waals surface area (Å²) < 4.78 is 8.89. The Bertz CT molecular complexity index is 593. The molecule has 108 valence electrons. The van der Waals surface area contributed by atoms with Gasteiger partial charge in [-0.25, -0.2) is 0 Å². The Balaban J connectivity index is 2.20. The van der Waals surface area contributed by atoms with Crippen LogP contribution in [0.1, 0.15) is 36.8 Å². The Morgan fingerprint density at radius 2 is 2.15 bits per heavy atom. The van der Waals surface area contributed by atoms with Gasteiger partial charge in [-0.2, -0.15) is 5.10 Å². The molecule has 2 rings (SSSR count). The van der Waals surface area contributed by atoms with Gasteiger partial charge >= 0.3 is 0 Å². The van der Waals surface area contributed by atoms with E-state index in [1.54, 1.807) is 0 Å². The summed E-state index contributed by atoms with van der Waals surface area (Å²) in [5, 5.41) is 4.42. The van der Waals surface area contributed by atoms with Crippen LogP contribution in [0.5, 0.6) is 5.75 Å². The Labute approximate surface area is 128 Å². The molecule has 0 saturated heterocycles. The molecule has 1 heterocycles. The highest BCUT2D eigenvalue weighted by Crippen LogP contribution is 2.28. The fourth-order valence-corrected chi connectivity index (χ4v) is 2.49. The van der Waals surface area contributed by atoms with Crippen LogP contribution in [-0.4, -0.2) is 9.78 Å². The largest absolute Gasteiger partial charge is 0.487 e. The molecule has 2 aromatic rings. The van der Waals surface area contributed by atoms with E-state index in [1.807, 2.05) is 42.8 Å². The molecule has 0 aliphatic rings. The first-order valence-electron chi connectivity index (χ1n) is 6.72. The summed E-state index contributed by atoms with van der Waals surface area (Å²) in [5.74, 6) is 0.816. The van der Waals surface area contributed by atoms with Crippen LogP contribution >= 0.6 is 15.9 Å². The number of nitrogens with two attached hydrogens (primary N) is 1. The van der Waals surface area contributed by atoms with Crippen LogP contribution < -0.4 is 10.5 Å². The van der Waals surface area contributed by atoms with Gasteiger partial charge in [-0.05, 0) is 39.0 Å². The first-order valence-corrected chi connectivity index (χ1v) is 7.51. The van der Waals surface area contributed by atoms with Crippen LogP contribution in [0.3, 0.4) is 0 Å². The lowest BCUT2D eigenvalue weighted by Crippen LogP contribution is -2.10. The summed E-state index contributed by atoms with van der Waals surface area (Å²) in [6.45, 7) is 7.34. The zero-order valence-corrected chi connectivity index (χ0v) is 13.6. The summed E-state index contributed by atoms with van der Waals surface area (Å²) in [6.07, 6.45) is 0. The molecule has 0 aliphatic heterocycles. The number of rotatable bonds is 5. The second-order valence-corrected chi connectivity index (χ2v) is 5.77. The van der Waals surface area contributed by atoms with Gasteiger partial charge in [0, 0.05) is 22.6 Å². The summed E-state index contributed by atoms with van der Waals surface area (Å²) >= 11 is 3.47. The average Bonchev–Trinajstić information content (AvgIpc) is 2.76. The van der Waals surface area contributed by atoms with E-state index in [4.69, 9.17) is 10.5 Å². The molecule has 0 saturated carbocycles. The molecule has 0 aliphatic carbocycles. The molecule has 0 fully saturated rings. The standard InChI is InChI=1S/C15H20BrN3O/c1-4-19-13(7-10(2)18-19)9-20-15-8-12(16)5-6-14(15)11(3)17/h5-8,11H,4,9,17H2,1-3H3. The van der Waals surface area contributed by atoms with Crippen molar-refractivity contribution in [1.29, 1.82) is 0 Å². The topological polar surface area (TPSA) is 53.1 Å². The zero-order chi connectivity index (χ0) is 14.7. The minimum absolute atomic E-state index is 0.0593. The number of hydrogen-bond acceptors (Lipinski definition) is 3. The summed E-state index contributed by atoms with van der Waals surface area (Å²) in [4.78, 5) is 0. The Kier molecular flexibility index (Phi) is 4.83. The van der Waals surface area contributed by atoms with E-state index < -0.39 is 0 Å². The molecule has 5 heteroatoms. The molecule has 2 N–H and O–H groups in total. The Hall–Kier alpha value is -1.33. The van der Waals surface area contributed by atoms with Gasteiger partial charge in [0.25, 0.3) is 0 Å². The van der Waals surface area contributed by atoms with Crippen LogP contribution in [0.2, 0.25) is 0 Å². The van der Waals surface area contributed by atoms with Crippen LogP contribution in [0.15, 0.2) is 28.7 Å². The number of halogens is 1. The zero-order valence-electron chi connectivity index (χ0n) is 12.1. The van der Waals surface area contributed by atoms with Crippen molar-refractivity contribution in [2.24, 2.45) is 5.73 Å². The predicted molar refractivity (Wildman–Crippen MR) is 83.7 cm³/mol. The van der Waals surface area contributed by atoms with Gasteiger partial charge < -0.3 is 10.5 Å². The van der Waals surface area contributed by atoms with Gasteiger partial charge in [-0.15, -0.1) is 0 Å². The molecule has 0 spiro atoms. The first-order chi connectivity index (χ1) is 9.51. The third kappa shape index (κ3) is 3.41. The molecule has 1 aromatic carbocycles. The Morgan fingerprint density at radius 3 is 2.80 bits per heavy atom. The summed E-state index contributed by atoms with van der Waals surface area (Å²) in [7, 11) is 0. The lowest BCUT2D eigenvalue weighted by Gasteiger charge is -2.14. The second-order valence-electron chi connectivity index (χ2n) is 4.85. The molecule has 1 unspecified atom stereocenters. The van der Waals surface area contributed by atoms with E-state index in [2.05, 4.69) is 28.0 Å². The van der Waals surface area contributed by atoms with E-state index in [1.165, 1.54) is 0 Å². The second kappa shape index (κ2) is 6.41. The molecule has 0 bridgehead atoms. The highest BCUT2D eigenvalue weighted by molar-refractivity contribution is 9.10. The van der Waals surface area contributed by atoms with Crippen molar-refractivity contribution in [3.05, 3.63) is 45.7 Å². The molecular weight excluding hydrogens is 318 g/mol. The van der Waals surface area contributed by atoms with Gasteiger partial charge in [0.1, 0.15) is 12.4 Å². The minimum Gasteiger partial charge on any atom is -0.487 e. The van der Waals surface area contributed by atoms with Crippen molar-refractivity contribution in [3.63, 3.8) is 0 Å². The fraction of sp³-hybridized carbons (Fsp3) is 0.400. The van der Waals surface area contributed by atoms with Gasteiger partial charge in [0.15, 0.2) is 0 Å². The van der Waals surface area contributed by atoms with E-state index in [-0.39, 0.29) is 6.04 Å². The van der Waals surface area contributed by atoms with Crippen LogP contribution in [0.25, 0.3) is 0 Å². The quantitative estimate of drug-likeness (QED) is 0.907. The van der Waals surface area contributed by atoms with Gasteiger partial charge in [0.05, 0.1) is 11.4 Å². The van der Waals surface area contributed by atoms with Crippen molar-refractivity contribution in [2.45, 2.75) is 40.0 Å². The third-order valence-corrected chi connectivity index (χ3v) is 3.62. The number of benzene rings is 1. The van der Waals surface area contributed by atoms with Crippen LogP contribution in [0.4, 0.5) is 0 Å². The number of aryl methyl sites for hydroxylation is 2. The fourth-order valence-electron chi connectivity index (χ4n) is 2.15. The summed E-state index contributed by atoms with van der Waals surface area (Å²) in [6, 6.07) is 7.92. The van der Waals surface area contributed by atoms with Gasteiger partial charge in [-0.1, -0.05) is 22.0 Å². The van der Waals surface area contributed by atoms with Crippen molar-refractivity contribution in [1.82, 2.24) is 9.78 Å². The maximum absolute atomic E-state index is 5.98. The van der Waals surface area contributed by atoms with E-state index in [9.17, 15) is 0 Å². The highest BCUT2D eigenvalue weighted by atomic mass is 79.9. The summed E-state index contributed by atoms with van der Waals surface area (Å²) in [5.41, 5.74) is 9.06. The van der Waals surface area contributed by atoms with Crippen molar-refractivity contribution >= 4 is 15.9 Å². The average molecular weight is 338 g/mol. The number of hydrogen-bond donors (Lipinski definition) is 1. The Morgan fingerprint density at radius 1 is 1.40 bits per heavy atom. The van der Waals surface area contributed by atoms with Crippen LogP contribution in [0, 0.1) is 6.92 Å². The molecule has 4 nitrogen and oxygen atoms in total. The third-order valence-electron chi connectivity index (χ3n) is 3.13. The number of ether oxygens (including phenoxy) is 1. The van der Waals surface area contributed by atoms with E-state index >= 15 is 0 Å². The van der Waals surface area contributed by atoms with Gasteiger partial charge in [-0.3, -0.25) is 4.68 Å². The van der Waals surface area contributed by atoms with Crippen LogP contribution in [-0.2, 0) is 13.2 Å². The SMILES string of the molecule is CCn1nc(C)cc1COc1cc(Br)ccc1C(C)N. The van der Waals surface area contributed by atoms with Crippen molar-refractivity contribution < 1.29 is 4.74 Å². The van der Waals surface area contributed by atoms with E-state index in [0.717, 1.165) is 33.7 Å². The predicted octanol–water partition coefficient (Wildman–Crippen LogP) is 3.57. The highest BCUT2D eigenvalue weighted by Gasteiger charge is 2.11. The first kappa shape index (κ1) is 15.1. The maximum atomic E-state index is 5.98. The molecule has 20 heavy (non-hydrogen) atoms. The maximum Gasteiger partial charge on any atom is 0.130 e. The van der Waals surface area contributed by atoms with Crippen molar-refractivity contribution in [3.8, 4) is 5.75 Å². The van der Waals surface area contributed by atoms with Gasteiger partial charge in [0.2, 0.25) is 0 Å². The lowest BCUT2D eigenvalue weighted by atomic mass is 10.1. The smallest absolute Gasteiger partial charge is 0.130 e. The molecule has 0 amide bonds. The molecule has 1 atom stereocenters.